The number of carbonyl (C=O) groups is 1. The number of amidine groups is 1. The molecule has 5 nitrogen and oxygen atoms in total. The highest BCUT2D eigenvalue weighted by molar-refractivity contribution is 7.14. The molecule has 0 aliphatic heterocycles. The van der Waals surface area contributed by atoms with Crippen molar-refractivity contribution >= 4 is 23.1 Å². The molecule has 0 aliphatic carbocycles. The third kappa shape index (κ3) is 3.26. The average molecular weight is 283 g/mol. The van der Waals surface area contributed by atoms with Gasteiger partial charge in [-0.15, -0.1) is 11.3 Å². The fourth-order valence-electron chi connectivity index (χ4n) is 1.92. The van der Waals surface area contributed by atoms with Crippen LogP contribution >= 0.6 is 11.3 Å². The molecule has 1 heterocycles. The van der Waals surface area contributed by atoms with Crippen LogP contribution in [0.5, 0.6) is 0 Å². The largest absolute Gasteiger partial charge is 0.409 e. The molecule has 0 bridgehead atoms. The molecule has 1 amide bonds. The predicted octanol–water partition coefficient (Wildman–Crippen LogP) is 2.35. The number of hydrogen-bond acceptors (Lipinski definition) is 4. The number of nitrogens with two attached hydrogens (primary N) is 1. The summed E-state index contributed by atoms with van der Waals surface area (Å²) in [5.41, 5.74) is 4.93. The number of aryl methyl sites for hydroxylation is 1. The first kappa shape index (κ1) is 15.5. The van der Waals surface area contributed by atoms with E-state index in [4.69, 9.17) is 10.9 Å². The van der Waals surface area contributed by atoms with Crippen LogP contribution in [0.4, 0.5) is 0 Å². The van der Waals surface area contributed by atoms with E-state index in [9.17, 15) is 4.79 Å². The first-order valence-corrected chi connectivity index (χ1v) is 7.23. The van der Waals surface area contributed by atoms with Gasteiger partial charge in [0.25, 0.3) is 5.91 Å². The molecule has 0 radical (unpaired) electrons. The molecular weight excluding hydrogens is 262 g/mol. The van der Waals surface area contributed by atoms with Crippen molar-refractivity contribution in [2.24, 2.45) is 10.9 Å². The number of hydrogen-bond donors (Lipinski definition) is 3. The van der Waals surface area contributed by atoms with Crippen molar-refractivity contribution in [1.82, 2.24) is 5.32 Å². The third-order valence-corrected chi connectivity index (χ3v) is 4.62. The van der Waals surface area contributed by atoms with Crippen molar-refractivity contribution in [3.05, 3.63) is 21.9 Å². The summed E-state index contributed by atoms with van der Waals surface area (Å²) in [5.74, 6) is -0.141. The minimum absolute atomic E-state index is 0.0399. The van der Waals surface area contributed by atoms with E-state index in [1.807, 2.05) is 26.8 Å². The summed E-state index contributed by atoms with van der Waals surface area (Å²) in [4.78, 5) is 14.0. The van der Waals surface area contributed by atoms with Crippen molar-refractivity contribution in [3.63, 3.8) is 0 Å². The summed E-state index contributed by atoms with van der Waals surface area (Å²) < 4.78 is 0. The zero-order valence-electron chi connectivity index (χ0n) is 11.6. The van der Waals surface area contributed by atoms with Crippen LogP contribution in [-0.4, -0.2) is 22.5 Å². The summed E-state index contributed by atoms with van der Waals surface area (Å²) in [6.45, 7) is 5.84. The normalized spacial score (nSPS) is 12.5. The lowest BCUT2D eigenvalue weighted by atomic mass is 9.91. The van der Waals surface area contributed by atoms with Gasteiger partial charge in [-0.3, -0.25) is 4.79 Å². The molecule has 19 heavy (non-hydrogen) atoms. The molecule has 0 aromatic carbocycles. The number of carbonyl (C=O) groups excluding carboxylic acids is 1. The number of nitrogens with one attached hydrogen (secondary N) is 1. The van der Waals surface area contributed by atoms with Gasteiger partial charge in [-0.2, -0.15) is 0 Å². The molecule has 0 spiro atoms. The number of oxime groups is 1. The van der Waals surface area contributed by atoms with Crippen molar-refractivity contribution in [3.8, 4) is 0 Å². The van der Waals surface area contributed by atoms with E-state index in [1.54, 1.807) is 6.07 Å². The molecule has 0 atom stereocenters. The van der Waals surface area contributed by atoms with Crippen LogP contribution in [0.1, 0.15) is 48.2 Å². The smallest absolute Gasteiger partial charge is 0.262 e. The number of rotatable bonds is 6. The zero-order valence-corrected chi connectivity index (χ0v) is 12.4. The van der Waals surface area contributed by atoms with Crippen LogP contribution in [0.25, 0.3) is 0 Å². The molecule has 1 rings (SSSR count). The second-order valence-electron chi connectivity index (χ2n) is 4.35. The molecule has 4 N–H and O–H groups in total. The van der Waals surface area contributed by atoms with Gasteiger partial charge in [0.15, 0.2) is 5.84 Å². The molecule has 1 aromatic heterocycles. The van der Waals surface area contributed by atoms with Gasteiger partial charge in [0.05, 0.1) is 4.88 Å². The molecule has 0 unspecified atom stereocenters. The van der Waals surface area contributed by atoms with Crippen molar-refractivity contribution in [2.75, 3.05) is 0 Å². The lowest BCUT2D eigenvalue weighted by molar-refractivity contribution is 0.0922. The van der Waals surface area contributed by atoms with Crippen LogP contribution < -0.4 is 11.1 Å². The highest BCUT2D eigenvalue weighted by Crippen LogP contribution is 2.20. The van der Waals surface area contributed by atoms with Gasteiger partial charge in [-0.05, 0) is 31.4 Å². The van der Waals surface area contributed by atoms with E-state index in [-0.39, 0.29) is 11.7 Å². The summed E-state index contributed by atoms with van der Waals surface area (Å²) in [5, 5.41) is 14.8. The highest BCUT2D eigenvalue weighted by Gasteiger charge is 2.33. The van der Waals surface area contributed by atoms with E-state index in [1.165, 1.54) is 11.3 Å². The zero-order chi connectivity index (χ0) is 14.5. The van der Waals surface area contributed by atoms with Crippen LogP contribution in [0.15, 0.2) is 17.3 Å². The van der Waals surface area contributed by atoms with E-state index >= 15 is 0 Å². The fraction of sp³-hybridized carbons (Fsp3) is 0.538. The first-order chi connectivity index (χ1) is 9.02. The standard InChI is InChI=1S/C13H21N3O2S/c1-4-9-7-8-10(19-9)11(17)15-13(5-2,6-3)12(14)16-18/h7-8,18H,4-6H2,1-3H3,(H2,14,16)(H,15,17). The Morgan fingerprint density at radius 1 is 1.42 bits per heavy atom. The number of nitrogens with zero attached hydrogens (tertiary/aromatic N) is 1. The van der Waals surface area contributed by atoms with Crippen molar-refractivity contribution < 1.29 is 10.0 Å². The molecule has 0 aliphatic rings. The van der Waals surface area contributed by atoms with Gasteiger partial charge in [0, 0.05) is 4.88 Å². The molecule has 0 saturated carbocycles. The van der Waals surface area contributed by atoms with E-state index in [0.717, 1.165) is 11.3 Å². The molecule has 106 valence electrons. The Balaban J connectivity index is 2.94. The minimum atomic E-state index is -0.789. The minimum Gasteiger partial charge on any atom is -0.409 e. The molecular formula is C13H21N3O2S. The maximum Gasteiger partial charge on any atom is 0.262 e. The van der Waals surface area contributed by atoms with E-state index in [0.29, 0.717) is 17.7 Å². The molecule has 1 aromatic rings. The maximum atomic E-state index is 12.2. The Kier molecular flexibility index (Phi) is 5.35. The first-order valence-electron chi connectivity index (χ1n) is 6.42. The third-order valence-electron chi connectivity index (χ3n) is 3.39. The highest BCUT2D eigenvalue weighted by atomic mass is 32.1. The van der Waals surface area contributed by atoms with Crippen LogP contribution in [-0.2, 0) is 6.42 Å². The van der Waals surface area contributed by atoms with Gasteiger partial charge < -0.3 is 16.3 Å². The lowest BCUT2D eigenvalue weighted by Crippen LogP contribution is -2.56. The van der Waals surface area contributed by atoms with E-state index in [2.05, 4.69) is 10.5 Å². The van der Waals surface area contributed by atoms with Gasteiger partial charge in [0.1, 0.15) is 5.54 Å². The Bertz CT molecular complexity index is 464. The SMILES string of the molecule is CCc1ccc(C(=O)NC(CC)(CC)C(N)=NO)s1. The summed E-state index contributed by atoms with van der Waals surface area (Å²) >= 11 is 1.47. The lowest BCUT2D eigenvalue weighted by Gasteiger charge is -2.31. The predicted molar refractivity (Wildman–Crippen MR) is 77.9 cm³/mol. The second kappa shape index (κ2) is 6.56. The molecule has 0 saturated heterocycles. The quantitative estimate of drug-likeness (QED) is 0.324. The van der Waals surface area contributed by atoms with Crippen LogP contribution in [0.2, 0.25) is 0 Å². The molecule has 6 heteroatoms. The van der Waals surface area contributed by atoms with Crippen molar-refractivity contribution in [2.45, 2.75) is 45.6 Å². The summed E-state index contributed by atoms with van der Waals surface area (Å²) in [7, 11) is 0. The number of amides is 1. The van der Waals surface area contributed by atoms with Gasteiger partial charge in [-0.25, -0.2) is 0 Å². The second-order valence-corrected chi connectivity index (χ2v) is 5.52. The maximum absolute atomic E-state index is 12.2. The van der Waals surface area contributed by atoms with Crippen molar-refractivity contribution in [1.29, 1.82) is 0 Å². The fourth-order valence-corrected chi connectivity index (χ4v) is 2.76. The van der Waals surface area contributed by atoms with Gasteiger partial charge >= 0.3 is 0 Å². The van der Waals surface area contributed by atoms with E-state index < -0.39 is 5.54 Å². The average Bonchev–Trinajstić information content (AvgIpc) is 2.92. The number of thiophene rings is 1. The topological polar surface area (TPSA) is 87.7 Å². The summed E-state index contributed by atoms with van der Waals surface area (Å²) in [6.07, 6.45) is 2.04. The Labute approximate surface area is 117 Å². The Hall–Kier alpha value is -1.56. The molecule has 0 fully saturated rings. The van der Waals surface area contributed by atoms with Gasteiger partial charge in [-0.1, -0.05) is 25.9 Å². The van der Waals surface area contributed by atoms with Crippen LogP contribution in [0.3, 0.4) is 0 Å². The Morgan fingerprint density at radius 2 is 2.05 bits per heavy atom. The van der Waals surface area contributed by atoms with Gasteiger partial charge in [0.2, 0.25) is 0 Å². The Morgan fingerprint density at radius 3 is 2.47 bits per heavy atom. The van der Waals surface area contributed by atoms with Crippen LogP contribution in [0, 0.1) is 0 Å². The monoisotopic (exact) mass is 283 g/mol. The summed E-state index contributed by atoms with van der Waals surface area (Å²) in [6, 6.07) is 3.75.